The van der Waals surface area contributed by atoms with Gasteiger partial charge in [0.15, 0.2) is 0 Å². The van der Waals surface area contributed by atoms with Crippen molar-refractivity contribution in [3.63, 3.8) is 0 Å². The molecule has 0 heterocycles. The Balaban J connectivity index is 2.64. The molecule has 0 saturated carbocycles. The third-order valence-corrected chi connectivity index (χ3v) is 3.33. The van der Waals surface area contributed by atoms with Crippen LogP contribution in [0.25, 0.3) is 0 Å². The molecule has 0 spiro atoms. The fraction of sp³-hybridized carbons (Fsp3) is 0.571. The zero-order valence-electron chi connectivity index (χ0n) is 11.2. The summed E-state index contributed by atoms with van der Waals surface area (Å²) in [6.07, 6.45) is 1.20. The highest BCUT2D eigenvalue weighted by Crippen LogP contribution is 2.20. The van der Waals surface area contributed by atoms with Crippen LogP contribution in [-0.4, -0.2) is 18.0 Å². The van der Waals surface area contributed by atoms with Crippen LogP contribution in [0.15, 0.2) is 18.2 Å². The number of nitrogens with zero attached hydrogens (tertiary/aromatic N) is 1. The van der Waals surface area contributed by atoms with Crippen molar-refractivity contribution in [2.45, 2.75) is 39.8 Å². The quantitative estimate of drug-likeness (QED) is 0.810. The second-order valence-corrected chi connectivity index (χ2v) is 5.67. The zero-order chi connectivity index (χ0) is 13.0. The molecule has 2 nitrogen and oxygen atoms in total. The highest BCUT2D eigenvalue weighted by Gasteiger charge is 2.12. The summed E-state index contributed by atoms with van der Waals surface area (Å²) in [7, 11) is 2.14. The van der Waals surface area contributed by atoms with E-state index in [0.29, 0.717) is 11.1 Å². The molecule has 17 heavy (non-hydrogen) atoms. The van der Waals surface area contributed by atoms with Crippen LogP contribution < -0.4 is 5.73 Å². The van der Waals surface area contributed by atoms with Crippen LogP contribution in [0, 0.1) is 5.92 Å². The summed E-state index contributed by atoms with van der Waals surface area (Å²) in [6, 6.07) is 6.28. The molecule has 0 saturated heterocycles. The van der Waals surface area contributed by atoms with E-state index in [2.05, 4.69) is 32.7 Å². The minimum absolute atomic E-state index is 0.560. The molecular weight excluding hydrogens is 232 g/mol. The molecule has 0 aliphatic carbocycles. The second kappa shape index (κ2) is 6.27. The summed E-state index contributed by atoms with van der Waals surface area (Å²) >= 11 is 5.89. The predicted molar refractivity (Wildman–Crippen MR) is 76.2 cm³/mol. The SMILES string of the molecule is CC(C)CC(C)N(C)Cc1ccc(Cl)cc1N. The summed E-state index contributed by atoms with van der Waals surface area (Å²) in [5, 5.41) is 0.698. The van der Waals surface area contributed by atoms with Gasteiger partial charge < -0.3 is 5.73 Å². The van der Waals surface area contributed by atoms with Crippen molar-refractivity contribution >= 4 is 17.3 Å². The fourth-order valence-electron chi connectivity index (χ4n) is 2.00. The van der Waals surface area contributed by atoms with Crippen molar-refractivity contribution in [3.05, 3.63) is 28.8 Å². The monoisotopic (exact) mass is 254 g/mol. The molecule has 0 aliphatic heterocycles. The summed E-state index contributed by atoms with van der Waals surface area (Å²) in [5.41, 5.74) is 7.88. The third kappa shape index (κ3) is 4.57. The van der Waals surface area contributed by atoms with Gasteiger partial charge in [-0.1, -0.05) is 31.5 Å². The molecule has 2 N–H and O–H groups in total. The van der Waals surface area contributed by atoms with Gasteiger partial charge in [0.05, 0.1) is 0 Å². The smallest absolute Gasteiger partial charge is 0.0426 e. The van der Waals surface area contributed by atoms with Crippen molar-refractivity contribution in [1.29, 1.82) is 0 Å². The minimum Gasteiger partial charge on any atom is -0.398 e. The lowest BCUT2D eigenvalue weighted by Gasteiger charge is -2.26. The van der Waals surface area contributed by atoms with Gasteiger partial charge in [0.1, 0.15) is 0 Å². The largest absolute Gasteiger partial charge is 0.398 e. The fourth-order valence-corrected chi connectivity index (χ4v) is 2.18. The van der Waals surface area contributed by atoms with E-state index in [1.165, 1.54) is 6.42 Å². The van der Waals surface area contributed by atoms with Gasteiger partial charge in [-0.3, -0.25) is 4.90 Å². The van der Waals surface area contributed by atoms with E-state index in [1.807, 2.05) is 18.2 Å². The number of anilines is 1. The Labute approximate surface area is 110 Å². The number of hydrogen-bond donors (Lipinski definition) is 1. The van der Waals surface area contributed by atoms with Gasteiger partial charge in [-0.15, -0.1) is 0 Å². The molecule has 0 aliphatic rings. The molecule has 0 radical (unpaired) electrons. The lowest BCUT2D eigenvalue weighted by molar-refractivity contribution is 0.221. The zero-order valence-corrected chi connectivity index (χ0v) is 12.0. The molecule has 1 aromatic carbocycles. The Morgan fingerprint density at radius 1 is 1.29 bits per heavy atom. The van der Waals surface area contributed by atoms with Crippen LogP contribution in [0.3, 0.4) is 0 Å². The van der Waals surface area contributed by atoms with Crippen LogP contribution in [0.2, 0.25) is 5.02 Å². The van der Waals surface area contributed by atoms with Crippen molar-refractivity contribution in [1.82, 2.24) is 4.90 Å². The van der Waals surface area contributed by atoms with Crippen molar-refractivity contribution in [2.24, 2.45) is 5.92 Å². The van der Waals surface area contributed by atoms with Crippen LogP contribution in [0.4, 0.5) is 5.69 Å². The van der Waals surface area contributed by atoms with Gasteiger partial charge in [0.2, 0.25) is 0 Å². The Hall–Kier alpha value is -0.730. The summed E-state index contributed by atoms with van der Waals surface area (Å²) < 4.78 is 0. The lowest BCUT2D eigenvalue weighted by atomic mass is 10.0. The third-order valence-electron chi connectivity index (χ3n) is 3.09. The molecule has 1 rings (SSSR count). The number of halogens is 1. The summed E-state index contributed by atoms with van der Waals surface area (Å²) in [6.45, 7) is 7.63. The van der Waals surface area contributed by atoms with Crippen LogP contribution in [0.1, 0.15) is 32.8 Å². The van der Waals surface area contributed by atoms with Gasteiger partial charge in [-0.25, -0.2) is 0 Å². The molecular formula is C14H23ClN2. The molecule has 1 unspecified atom stereocenters. The first-order valence-electron chi connectivity index (χ1n) is 6.14. The normalized spacial score (nSPS) is 13.4. The maximum absolute atomic E-state index is 5.96. The molecule has 0 amide bonds. The minimum atomic E-state index is 0.560. The molecule has 0 aromatic heterocycles. The molecule has 96 valence electrons. The van der Waals surface area contributed by atoms with E-state index in [9.17, 15) is 0 Å². The van der Waals surface area contributed by atoms with Gasteiger partial charge in [0.25, 0.3) is 0 Å². The number of nitrogen functional groups attached to an aromatic ring is 1. The first-order chi connectivity index (χ1) is 7.90. The van der Waals surface area contributed by atoms with Gasteiger partial charge in [-0.05, 0) is 44.0 Å². The van der Waals surface area contributed by atoms with Crippen LogP contribution in [-0.2, 0) is 6.54 Å². The van der Waals surface area contributed by atoms with Gasteiger partial charge >= 0.3 is 0 Å². The standard InChI is InChI=1S/C14H23ClN2/c1-10(2)7-11(3)17(4)9-12-5-6-13(15)8-14(12)16/h5-6,8,10-11H,7,9,16H2,1-4H3. The first-order valence-corrected chi connectivity index (χ1v) is 6.52. The average molecular weight is 255 g/mol. The Kier molecular flexibility index (Phi) is 5.29. The van der Waals surface area contributed by atoms with Crippen molar-refractivity contribution < 1.29 is 0 Å². The highest BCUT2D eigenvalue weighted by atomic mass is 35.5. The average Bonchev–Trinajstić information content (AvgIpc) is 2.21. The summed E-state index contributed by atoms with van der Waals surface area (Å²) in [5.74, 6) is 0.718. The van der Waals surface area contributed by atoms with E-state index in [4.69, 9.17) is 17.3 Å². The van der Waals surface area contributed by atoms with Gasteiger partial charge in [-0.2, -0.15) is 0 Å². The topological polar surface area (TPSA) is 29.3 Å². The van der Waals surface area contributed by atoms with E-state index < -0.39 is 0 Å². The van der Waals surface area contributed by atoms with Crippen molar-refractivity contribution in [2.75, 3.05) is 12.8 Å². The Morgan fingerprint density at radius 2 is 1.94 bits per heavy atom. The first kappa shape index (κ1) is 14.3. The molecule has 0 fully saturated rings. The Bertz CT molecular complexity index is 363. The molecule has 1 atom stereocenters. The molecule has 3 heteroatoms. The lowest BCUT2D eigenvalue weighted by Crippen LogP contribution is -2.30. The van der Waals surface area contributed by atoms with E-state index in [-0.39, 0.29) is 0 Å². The number of benzene rings is 1. The van der Waals surface area contributed by atoms with E-state index in [1.54, 1.807) is 0 Å². The second-order valence-electron chi connectivity index (χ2n) is 5.24. The molecule has 1 aromatic rings. The maximum atomic E-state index is 5.96. The molecule has 0 bridgehead atoms. The number of hydrogen-bond acceptors (Lipinski definition) is 2. The number of nitrogens with two attached hydrogens (primary N) is 1. The van der Waals surface area contributed by atoms with Crippen molar-refractivity contribution in [3.8, 4) is 0 Å². The predicted octanol–water partition coefficient (Wildman–Crippen LogP) is 3.79. The van der Waals surface area contributed by atoms with Crippen LogP contribution in [0.5, 0.6) is 0 Å². The van der Waals surface area contributed by atoms with E-state index in [0.717, 1.165) is 23.7 Å². The highest BCUT2D eigenvalue weighted by molar-refractivity contribution is 6.30. The van der Waals surface area contributed by atoms with Gasteiger partial charge in [0, 0.05) is 23.3 Å². The number of rotatable bonds is 5. The van der Waals surface area contributed by atoms with Crippen LogP contribution >= 0.6 is 11.6 Å². The Morgan fingerprint density at radius 3 is 2.47 bits per heavy atom. The summed E-state index contributed by atoms with van der Waals surface area (Å²) in [4.78, 5) is 2.33. The maximum Gasteiger partial charge on any atom is 0.0426 e. The van der Waals surface area contributed by atoms with E-state index >= 15 is 0 Å².